The van der Waals surface area contributed by atoms with Gasteiger partial charge in [0.15, 0.2) is 5.65 Å². The summed E-state index contributed by atoms with van der Waals surface area (Å²) in [4.78, 5) is 20.4. The average Bonchev–Trinajstić information content (AvgIpc) is 3.05. The van der Waals surface area contributed by atoms with Gasteiger partial charge in [-0.3, -0.25) is 4.79 Å². The third kappa shape index (κ3) is 4.20. The molecule has 2 N–H and O–H groups in total. The minimum atomic E-state index is -3.73. The van der Waals surface area contributed by atoms with E-state index < -0.39 is 10.0 Å². The monoisotopic (exact) mass is 401 g/mol. The first kappa shape index (κ1) is 20.0. The molecule has 0 atom stereocenters. The van der Waals surface area contributed by atoms with E-state index in [-0.39, 0.29) is 23.4 Å². The Hall–Kier alpha value is -2.78. The summed E-state index contributed by atoms with van der Waals surface area (Å²) < 4.78 is 29.8. The second-order valence-electron chi connectivity index (χ2n) is 6.59. The van der Waals surface area contributed by atoms with E-state index in [0.29, 0.717) is 17.9 Å². The lowest BCUT2D eigenvalue weighted by Crippen LogP contribution is -2.25. The van der Waals surface area contributed by atoms with Crippen LogP contribution in [0.15, 0.2) is 47.5 Å². The summed E-state index contributed by atoms with van der Waals surface area (Å²) in [6, 6.07) is 9.78. The van der Waals surface area contributed by atoms with Crippen LogP contribution in [0.5, 0.6) is 0 Å². The highest BCUT2D eigenvalue weighted by Gasteiger charge is 2.18. The molecule has 0 aliphatic carbocycles. The van der Waals surface area contributed by atoms with Crippen LogP contribution in [0.4, 0.5) is 5.69 Å². The number of anilines is 1. The van der Waals surface area contributed by atoms with Gasteiger partial charge in [0.05, 0.1) is 11.4 Å². The van der Waals surface area contributed by atoms with E-state index in [2.05, 4.69) is 20.0 Å². The summed E-state index contributed by atoms with van der Waals surface area (Å²) >= 11 is 0. The van der Waals surface area contributed by atoms with Gasteiger partial charge >= 0.3 is 0 Å². The minimum absolute atomic E-state index is 0.0468. The molecule has 148 valence electrons. The van der Waals surface area contributed by atoms with Crippen LogP contribution in [0, 0.1) is 0 Å². The summed E-state index contributed by atoms with van der Waals surface area (Å²) in [7, 11) is -3.73. The SMILES string of the molecule is CCC(=O)Nc1ccc(S(=O)(=O)NCc2nc3cccnc3n2C(C)C)cc1. The van der Waals surface area contributed by atoms with Crippen molar-refractivity contribution in [2.45, 2.75) is 44.7 Å². The van der Waals surface area contributed by atoms with Crippen molar-refractivity contribution in [1.29, 1.82) is 0 Å². The highest BCUT2D eigenvalue weighted by molar-refractivity contribution is 7.89. The fourth-order valence-electron chi connectivity index (χ4n) is 2.85. The summed E-state index contributed by atoms with van der Waals surface area (Å²) in [5.74, 6) is 0.467. The van der Waals surface area contributed by atoms with Crippen molar-refractivity contribution in [2.24, 2.45) is 0 Å². The van der Waals surface area contributed by atoms with Gasteiger partial charge in [0.2, 0.25) is 15.9 Å². The van der Waals surface area contributed by atoms with E-state index in [4.69, 9.17) is 0 Å². The number of aromatic nitrogens is 3. The molecule has 0 fully saturated rings. The molecule has 3 aromatic rings. The lowest BCUT2D eigenvalue weighted by atomic mass is 10.3. The van der Waals surface area contributed by atoms with Crippen molar-refractivity contribution < 1.29 is 13.2 Å². The van der Waals surface area contributed by atoms with E-state index in [9.17, 15) is 13.2 Å². The zero-order valence-corrected chi connectivity index (χ0v) is 16.8. The number of imidazole rings is 1. The van der Waals surface area contributed by atoms with Crippen molar-refractivity contribution in [2.75, 3.05) is 5.32 Å². The standard InChI is InChI=1S/C19H23N5O3S/c1-4-18(25)22-14-7-9-15(10-8-14)28(26,27)21-12-17-23-16-6-5-11-20-19(16)24(17)13(2)3/h5-11,13,21H,4,12H2,1-3H3,(H,22,25). The summed E-state index contributed by atoms with van der Waals surface area (Å²) in [6.07, 6.45) is 2.04. The van der Waals surface area contributed by atoms with Gasteiger partial charge in [-0.25, -0.2) is 23.1 Å². The lowest BCUT2D eigenvalue weighted by molar-refractivity contribution is -0.115. The van der Waals surface area contributed by atoms with Crippen LogP contribution in [-0.4, -0.2) is 28.9 Å². The molecule has 2 heterocycles. The Kier molecular flexibility index (Phi) is 5.76. The molecule has 8 nitrogen and oxygen atoms in total. The van der Waals surface area contributed by atoms with Crippen LogP contribution in [0.25, 0.3) is 11.2 Å². The third-order valence-corrected chi connectivity index (χ3v) is 5.65. The van der Waals surface area contributed by atoms with E-state index in [0.717, 1.165) is 11.2 Å². The first-order valence-corrected chi connectivity index (χ1v) is 10.5. The van der Waals surface area contributed by atoms with Crippen molar-refractivity contribution in [3.8, 4) is 0 Å². The number of sulfonamides is 1. The van der Waals surface area contributed by atoms with Gasteiger partial charge in [0.25, 0.3) is 0 Å². The first-order valence-electron chi connectivity index (χ1n) is 9.03. The van der Waals surface area contributed by atoms with Crippen LogP contribution >= 0.6 is 0 Å². The molecular weight excluding hydrogens is 378 g/mol. The summed E-state index contributed by atoms with van der Waals surface area (Å²) in [5.41, 5.74) is 2.00. The van der Waals surface area contributed by atoms with Crippen LogP contribution in [0.1, 0.15) is 39.1 Å². The van der Waals surface area contributed by atoms with E-state index >= 15 is 0 Å². The van der Waals surface area contributed by atoms with Gasteiger partial charge in [-0.2, -0.15) is 0 Å². The number of pyridine rings is 1. The predicted octanol–water partition coefficient (Wildman–Crippen LogP) is 2.84. The Labute approximate surface area is 164 Å². The zero-order valence-electron chi connectivity index (χ0n) is 16.0. The molecule has 0 aliphatic rings. The summed E-state index contributed by atoms with van der Waals surface area (Å²) in [5, 5.41) is 2.69. The number of nitrogens with zero attached hydrogens (tertiary/aromatic N) is 3. The van der Waals surface area contributed by atoms with Crippen molar-refractivity contribution in [3.05, 3.63) is 48.4 Å². The highest BCUT2D eigenvalue weighted by Crippen LogP contribution is 2.20. The molecule has 1 aromatic carbocycles. The molecule has 0 bridgehead atoms. The van der Waals surface area contributed by atoms with Crippen molar-refractivity contribution >= 4 is 32.8 Å². The minimum Gasteiger partial charge on any atom is -0.326 e. The Balaban J connectivity index is 1.79. The quantitative estimate of drug-likeness (QED) is 0.633. The van der Waals surface area contributed by atoms with Crippen LogP contribution in [0.2, 0.25) is 0 Å². The van der Waals surface area contributed by atoms with Gasteiger partial charge in [-0.05, 0) is 50.2 Å². The van der Waals surface area contributed by atoms with Crippen LogP contribution in [-0.2, 0) is 21.4 Å². The fraction of sp³-hybridized carbons (Fsp3) is 0.316. The molecule has 0 spiro atoms. The van der Waals surface area contributed by atoms with Crippen LogP contribution in [0.3, 0.4) is 0 Å². The number of hydrogen-bond acceptors (Lipinski definition) is 5. The Morgan fingerprint density at radius 1 is 1.18 bits per heavy atom. The number of hydrogen-bond donors (Lipinski definition) is 2. The number of carbonyl (C=O) groups excluding carboxylic acids is 1. The molecule has 2 aromatic heterocycles. The number of rotatable bonds is 7. The second kappa shape index (κ2) is 8.07. The smallest absolute Gasteiger partial charge is 0.240 e. The third-order valence-electron chi connectivity index (χ3n) is 4.23. The topological polar surface area (TPSA) is 106 Å². The average molecular weight is 401 g/mol. The molecule has 0 saturated heterocycles. The number of fused-ring (bicyclic) bond motifs is 1. The summed E-state index contributed by atoms with van der Waals surface area (Å²) in [6.45, 7) is 5.79. The molecule has 0 radical (unpaired) electrons. The number of nitrogens with one attached hydrogen (secondary N) is 2. The second-order valence-corrected chi connectivity index (χ2v) is 8.36. The highest BCUT2D eigenvalue weighted by atomic mass is 32.2. The maximum atomic E-state index is 12.6. The maximum Gasteiger partial charge on any atom is 0.240 e. The van der Waals surface area contributed by atoms with Gasteiger partial charge in [-0.1, -0.05) is 6.92 Å². The molecule has 3 rings (SSSR count). The molecule has 0 saturated carbocycles. The molecule has 0 unspecified atom stereocenters. The van der Waals surface area contributed by atoms with E-state index in [1.54, 1.807) is 31.3 Å². The normalized spacial score (nSPS) is 11.9. The number of amides is 1. The van der Waals surface area contributed by atoms with Crippen LogP contribution < -0.4 is 10.0 Å². The van der Waals surface area contributed by atoms with Crippen molar-refractivity contribution in [3.63, 3.8) is 0 Å². The molecular formula is C19H23N5O3S. The number of benzene rings is 1. The molecule has 1 amide bonds. The molecule has 28 heavy (non-hydrogen) atoms. The lowest BCUT2D eigenvalue weighted by Gasteiger charge is -2.13. The van der Waals surface area contributed by atoms with E-state index in [1.807, 2.05) is 24.5 Å². The largest absolute Gasteiger partial charge is 0.326 e. The fourth-order valence-corrected chi connectivity index (χ4v) is 3.83. The molecule has 0 aliphatic heterocycles. The van der Waals surface area contributed by atoms with E-state index in [1.165, 1.54) is 12.1 Å². The zero-order chi connectivity index (χ0) is 20.3. The van der Waals surface area contributed by atoms with Crippen molar-refractivity contribution in [1.82, 2.24) is 19.3 Å². The Morgan fingerprint density at radius 2 is 1.89 bits per heavy atom. The van der Waals surface area contributed by atoms with Gasteiger partial charge < -0.3 is 9.88 Å². The first-order chi connectivity index (χ1) is 13.3. The number of carbonyl (C=O) groups is 1. The van der Waals surface area contributed by atoms with Gasteiger partial charge in [0.1, 0.15) is 11.3 Å². The predicted molar refractivity (Wildman–Crippen MR) is 107 cm³/mol. The Morgan fingerprint density at radius 3 is 2.54 bits per heavy atom. The van der Waals surface area contributed by atoms with Gasteiger partial charge in [-0.15, -0.1) is 0 Å². The van der Waals surface area contributed by atoms with Gasteiger partial charge in [0, 0.05) is 24.3 Å². The Bertz CT molecular complexity index is 1090. The maximum absolute atomic E-state index is 12.6. The molecule has 9 heteroatoms.